The smallest absolute Gasteiger partial charge is 0.127 e. The predicted molar refractivity (Wildman–Crippen MR) is 170 cm³/mol. The second kappa shape index (κ2) is 16.2. The van der Waals surface area contributed by atoms with Crippen LogP contribution in [0.4, 0.5) is 0 Å². The van der Waals surface area contributed by atoms with Crippen LogP contribution in [0.1, 0.15) is 16.9 Å². The number of ether oxygens (including phenoxy) is 2. The molecule has 0 fully saturated rings. The van der Waals surface area contributed by atoms with Crippen LogP contribution in [0, 0.1) is 0 Å². The van der Waals surface area contributed by atoms with E-state index in [0.717, 1.165) is 29.4 Å². The van der Waals surface area contributed by atoms with Gasteiger partial charge in [0.05, 0.1) is 7.17 Å². The molecule has 4 aromatic carbocycles. The van der Waals surface area contributed by atoms with Crippen LogP contribution in [0.5, 0.6) is 23.0 Å². The molecule has 0 saturated carbocycles. The van der Waals surface area contributed by atoms with Gasteiger partial charge in [-0.25, -0.2) is 0 Å². The van der Waals surface area contributed by atoms with E-state index in [-0.39, 0.29) is 5.82 Å². The zero-order valence-electron chi connectivity index (χ0n) is 21.3. The van der Waals surface area contributed by atoms with Crippen LogP contribution in [0.15, 0.2) is 109 Å². The third kappa shape index (κ3) is 9.78. The minimum absolute atomic E-state index is 0.196. The van der Waals surface area contributed by atoms with Gasteiger partial charge >= 0.3 is 0 Å². The fraction of sp³-hybridized carbons (Fsp3) is 0.0769. The van der Waals surface area contributed by atoms with E-state index in [1.165, 1.54) is 18.2 Å². The van der Waals surface area contributed by atoms with Crippen molar-refractivity contribution < 1.29 is 9.47 Å². The normalized spacial score (nSPS) is 10.7. The lowest BCUT2D eigenvalue weighted by Gasteiger charge is -2.18. The Labute approximate surface area is 235 Å². The predicted octanol–water partition coefficient (Wildman–Crippen LogP) is 3.30. The molecule has 12 heteroatoms. The molecular formula is C26H21B10O2. The van der Waals surface area contributed by atoms with Crippen LogP contribution in [-0.4, -0.2) is 71.4 Å². The summed E-state index contributed by atoms with van der Waals surface area (Å²) in [7, 11) is 22.8. The van der Waals surface area contributed by atoms with E-state index < -0.39 is 0 Å². The number of benzene rings is 4. The third-order valence-electron chi connectivity index (χ3n) is 5.77. The minimum Gasteiger partial charge on any atom is -0.457 e. The van der Waals surface area contributed by atoms with E-state index in [4.69, 9.17) is 17.2 Å². The maximum absolute atomic E-state index is 5.98. The van der Waals surface area contributed by atoms with Crippen molar-refractivity contribution in [3.05, 3.63) is 120 Å². The Balaban J connectivity index is 1.37. The molecule has 0 heterocycles. The van der Waals surface area contributed by atoms with Crippen molar-refractivity contribution in [2.24, 2.45) is 0 Å². The van der Waals surface area contributed by atoms with E-state index in [1.807, 2.05) is 120 Å². The molecule has 0 aliphatic carbocycles. The summed E-state index contributed by atoms with van der Waals surface area (Å²) in [5.41, 5.74) is 2.45. The van der Waals surface area contributed by atoms with Crippen LogP contribution in [0.3, 0.4) is 0 Å². The molecule has 2 nitrogen and oxygen atoms in total. The highest BCUT2D eigenvalue weighted by Gasteiger charge is 2.14. The molecule has 0 amide bonds. The monoisotopic (exact) mass is 475 g/mol. The summed E-state index contributed by atoms with van der Waals surface area (Å²) in [5, 5.41) is 0. The molecule has 167 valence electrons. The maximum Gasteiger partial charge on any atom is 0.127 e. The van der Waals surface area contributed by atoms with Gasteiger partial charge in [0.25, 0.3) is 0 Å². The van der Waals surface area contributed by atoms with Crippen LogP contribution in [0.25, 0.3) is 0 Å². The van der Waals surface area contributed by atoms with Gasteiger partial charge in [0, 0.05) is 64.2 Å². The zero-order valence-corrected chi connectivity index (χ0v) is 21.3. The maximum atomic E-state index is 5.98. The standard InChI is InChI=1S/C26H21B10O2/c27-29-31-33-35-36-34-32-30-28-26(21-13-17-25(18-14-21)38-23-9-5-2-6-10-23)19-20-11-15-24(16-12-20)37-22-7-3-1-4-8-22/h1-18,26H,19H2. The second-order valence-electron chi connectivity index (χ2n) is 8.59. The van der Waals surface area contributed by atoms with Crippen molar-refractivity contribution in [1.82, 2.24) is 0 Å². The molecule has 4 aromatic rings. The Morgan fingerprint density at radius 2 is 0.947 bits per heavy atom. The first-order chi connectivity index (χ1) is 18.8. The summed E-state index contributed by atoms with van der Waals surface area (Å²) in [6.07, 6.45) is 0.861. The lowest BCUT2D eigenvalue weighted by Crippen LogP contribution is -2.33. The highest BCUT2D eigenvalue weighted by molar-refractivity contribution is 7.68. The van der Waals surface area contributed by atoms with Gasteiger partial charge in [0.1, 0.15) is 23.0 Å². The lowest BCUT2D eigenvalue weighted by molar-refractivity contribution is 0.482. The SMILES string of the molecule is [B][B][B][B][B][B][B][B][B][B]C(Cc1ccc(Oc2ccccc2)cc1)c1ccc(Oc2ccccc2)cc1. The van der Waals surface area contributed by atoms with Gasteiger partial charge in [0.2, 0.25) is 0 Å². The van der Waals surface area contributed by atoms with Crippen molar-refractivity contribution in [3.63, 3.8) is 0 Å². The first kappa shape index (κ1) is 28.1. The van der Waals surface area contributed by atoms with Gasteiger partial charge < -0.3 is 9.47 Å². The van der Waals surface area contributed by atoms with E-state index in [1.54, 1.807) is 7.06 Å². The van der Waals surface area contributed by atoms with Gasteiger partial charge in [0.15, 0.2) is 0 Å². The van der Waals surface area contributed by atoms with Crippen LogP contribution in [0.2, 0.25) is 0 Å². The number of hydrogen-bond acceptors (Lipinski definition) is 2. The zero-order chi connectivity index (χ0) is 26.3. The van der Waals surface area contributed by atoms with Crippen molar-refractivity contribution in [3.8, 4) is 23.0 Å². The third-order valence-corrected chi connectivity index (χ3v) is 5.77. The fourth-order valence-electron chi connectivity index (χ4n) is 3.86. The molecular weight excluding hydrogens is 452 g/mol. The summed E-state index contributed by atoms with van der Waals surface area (Å²) in [6, 6.07) is 36.3. The molecule has 0 N–H and O–H groups in total. The van der Waals surface area contributed by atoms with Crippen molar-refractivity contribution in [1.29, 1.82) is 0 Å². The van der Waals surface area contributed by atoms with Gasteiger partial charge in [-0.05, 0) is 66.3 Å². The first-order valence-corrected chi connectivity index (χ1v) is 12.7. The van der Waals surface area contributed by atoms with Crippen molar-refractivity contribution in [2.75, 3.05) is 0 Å². The summed E-state index contributed by atoms with van der Waals surface area (Å²) < 4.78 is 11.9. The number of para-hydroxylation sites is 2. The molecule has 38 heavy (non-hydrogen) atoms. The Morgan fingerprint density at radius 1 is 0.500 bits per heavy atom. The molecule has 4 rings (SSSR count). The van der Waals surface area contributed by atoms with Crippen LogP contribution in [-0.2, 0) is 6.42 Å². The molecule has 0 aliphatic rings. The lowest BCUT2D eigenvalue weighted by atomic mass is 8.88. The van der Waals surface area contributed by atoms with Gasteiger partial charge in [-0.3, -0.25) is 0 Å². The molecule has 1 unspecified atom stereocenters. The van der Waals surface area contributed by atoms with Gasteiger partial charge in [-0.2, -0.15) is 0 Å². The van der Waals surface area contributed by atoms with Crippen LogP contribution >= 0.6 is 0 Å². The van der Waals surface area contributed by atoms with E-state index in [0.29, 0.717) is 0 Å². The second-order valence-corrected chi connectivity index (χ2v) is 8.59. The molecule has 0 aliphatic heterocycles. The van der Waals surface area contributed by atoms with Gasteiger partial charge in [-0.1, -0.05) is 66.2 Å². The average molecular weight is 474 g/mol. The molecule has 1 atom stereocenters. The molecule has 0 spiro atoms. The molecule has 0 saturated heterocycles. The number of hydrogen-bond donors (Lipinski definition) is 0. The highest BCUT2D eigenvalue weighted by Crippen LogP contribution is 2.27. The van der Waals surface area contributed by atoms with Crippen molar-refractivity contribution in [2.45, 2.75) is 12.2 Å². The van der Waals surface area contributed by atoms with Crippen LogP contribution < -0.4 is 9.47 Å². The summed E-state index contributed by atoms with van der Waals surface area (Å²) >= 11 is 0. The van der Waals surface area contributed by atoms with Crippen molar-refractivity contribution >= 4 is 71.4 Å². The van der Waals surface area contributed by atoms with Gasteiger partial charge in [-0.15, -0.1) is 0 Å². The molecule has 11 radical (unpaired) electrons. The first-order valence-electron chi connectivity index (χ1n) is 12.7. The van der Waals surface area contributed by atoms with E-state index >= 15 is 0 Å². The minimum atomic E-state index is 0.196. The molecule has 0 aromatic heterocycles. The Morgan fingerprint density at radius 3 is 1.47 bits per heavy atom. The Bertz CT molecular complexity index is 1180. The summed E-state index contributed by atoms with van der Waals surface area (Å²) in [5.74, 6) is 3.49. The highest BCUT2D eigenvalue weighted by atomic mass is 16.5. The Kier molecular flexibility index (Phi) is 12.0. The largest absolute Gasteiger partial charge is 0.457 e. The summed E-state index contributed by atoms with van der Waals surface area (Å²) in [6.45, 7) is 0. The number of rotatable bonds is 16. The topological polar surface area (TPSA) is 18.5 Å². The summed E-state index contributed by atoms with van der Waals surface area (Å²) in [4.78, 5) is 0. The Hall–Kier alpha value is -2.87. The van der Waals surface area contributed by atoms with E-state index in [9.17, 15) is 0 Å². The fourth-order valence-corrected chi connectivity index (χ4v) is 3.86. The average Bonchev–Trinajstić information content (AvgIpc) is 2.96. The molecule has 0 bridgehead atoms. The quantitative estimate of drug-likeness (QED) is 0.184. The van der Waals surface area contributed by atoms with E-state index in [2.05, 4.69) is 38.5 Å².